The predicted octanol–water partition coefficient (Wildman–Crippen LogP) is 3.59. The lowest BCUT2D eigenvalue weighted by molar-refractivity contribution is 0.222. The SMILES string of the molecule is COc1ccc(C(O)c2sc(C)cc2C)cc1F. The van der Waals surface area contributed by atoms with E-state index in [0.717, 1.165) is 15.3 Å². The van der Waals surface area contributed by atoms with Gasteiger partial charge in [-0.25, -0.2) is 4.39 Å². The lowest BCUT2D eigenvalue weighted by atomic mass is 10.1. The van der Waals surface area contributed by atoms with E-state index in [2.05, 4.69) is 0 Å². The van der Waals surface area contributed by atoms with Gasteiger partial charge in [-0.2, -0.15) is 0 Å². The summed E-state index contributed by atoms with van der Waals surface area (Å²) in [5.74, 6) is -0.273. The van der Waals surface area contributed by atoms with Crippen molar-refractivity contribution in [1.82, 2.24) is 0 Å². The monoisotopic (exact) mass is 266 g/mol. The summed E-state index contributed by atoms with van der Waals surface area (Å²) >= 11 is 1.53. The molecule has 1 heterocycles. The van der Waals surface area contributed by atoms with Crippen molar-refractivity contribution >= 4 is 11.3 Å². The number of rotatable bonds is 3. The molecule has 96 valence electrons. The summed E-state index contributed by atoms with van der Waals surface area (Å²) in [6, 6.07) is 6.55. The molecule has 0 aliphatic carbocycles. The van der Waals surface area contributed by atoms with E-state index in [1.54, 1.807) is 6.07 Å². The Labute approximate surface area is 110 Å². The van der Waals surface area contributed by atoms with Gasteiger partial charge in [0.15, 0.2) is 11.6 Å². The molecule has 0 saturated heterocycles. The first-order valence-corrected chi connectivity index (χ1v) is 6.43. The Kier molecular flexibility index (Phi) is 3.68. The Morgan fingerprint density at radius 1 is 1.28 bits per heavy atom. The summed E-state index contributed by atoms with van der Waals surface area (Å²) in [5, 5.41) is 10.3. The van der Waals surface area contributed by atoms with Crippen LogP contribution >= 0.6 is 11.3 Å². The number of thiophene rings is 1. The fourth-order valence-corrected chi connectivity index (χ4v) is 2.99. The highest BCUT2D eigenvalue weighted by molar-refractivity contribution is 7.12. The molecule has 0 amide bonds. The molecule has 0 saturated carbocycles. The molecule has 18 heavy (non-hydrogen) atoms. The minimum atomic E-state index is -0.788. The molecule has 0 radical (unpaired) electrons. The van der Waals surface area contributed by atoms with E-state index in [4.69, 9.17) is 4.74 Å². The Morgan fingerprint density at radius 3 is 2.50 bits per heavy atom. The third kappa shape index (κ3) is 2.40. The van der Waals surface area contributed by atoms with Crippen LogP contribution in [0.4, 0.5) is 4.39 Å². The molecule has 4 heteroatoms. The number of aliphatic hydroxyl groups is 1. The largest absolute Gasteiger partial charge is 0.494 e. The molecular formula is C14H15FO2S. The van der Waals surface area contributed by atoms with Gasteiger partial charge in [-0.3, -0.25) is 0 Å². The number of methoxy groups -OCH3 is 1. The molecule has 2 aromatic rings. The van der Waals surface area contributed by atoms with E-state index in [9.17, 15) is 9.50 Å². The van der Waals surface area contributed by atoms with Gasteiger partial charge >= 0.3 is 0 Å². The van der Waals surface area contributed by atoms with E-state index < -0.39 is 11.9 Å². The number of aryl methyl sites for hydroxylation is 2. The summed E-state index contributed by atoms with van der Waals surface area (Å²) in [7, 11) is 1.42. The highest BCUT2D eigenvalue weighted by Gasteiger charge is 2.17. The molecule has 0 aliphatic rings. The molecule has 2 nitrogen and oxygen atoms in total. The Hall–Kier alpha value is -1.39. The maximum atomic E-state index is 13.6. The summed E-state index contributed by atoms with van der Waals surface area (Å²) in [5.41, 5.74) is 1.57. The second-order valence-corrected chi connectivity index (χ2v) is 5.49. The summed E-state index contributed by atoms with van der Waals surface area (Å²) < 4.78 is 18.5. The minimum Gasteiger partial charge on any atom is -0.494 e. The van der Waals surface area contributed by atoms with E-state index in [1.165, 1.54) is 30.6 Å². The van der Waals surface area contributed by atoms with Crippen LogP contribution in [0.2, 0.25) is 0 Å². The van der Waals surface area contributed by atoms with Crippen molar-refractivity contribution in [3.05, 3.63) is 51.0 Å². The quantitative estimate of drug-likeness (QED) is 0.920. The zero-order valence-corrected chi connectivity index (χ0v) is 11.3. The van der Waals surface area contributed by atoms with Gasteiger partial charge < -0.3 is 9.84 Å². The van der Waals surface area contributed by atoms with Crippen LogP contribution in [0.1, 0.15) is 27.0 Å². The first kappa shape index (κ1) is 13.1. The lowest BCUT2D eigenvalue weighted by Crippen LogP contribution is -2.00. The average molecular weight is 266 g/mol. The molecule has 1 aromatic carbocycles. The molecule has 2 rings (SSSR count). The van der Waals surface area contributed by atoms with Crippen molar-refractivity contribution in [2.75, 3.05) is 7.11 Å². The number of ether oxygens (including phenoxy) is 1. The van der Waals surface area contributed by atoms with Crippen molar-refractivity contribution < 1.29 is 14.2 Å². The van der Waals surface area contributed by atoms with E-state index >= 15 is 0 Å². The maximum Gasteiger partial charge on any atom is 0.165 e. The second kappa shape index (κ2) is 5.08. The predicted molar refractivity (Wildman–Crippen MR) is 70.8 cm³/mol. The summed E-state index contributed by atoms with van der Waals surface area (Å²) in [6.07, 6.45) is -0.788. The van der Waals surface area contributed by atoms with Crippen LogP contribution in [-0.4, -0.2) is 12.2 Å². The average Bonchev–Trinajstić information content (AvgIpc) is 2.67. The summed E-state index contributed by atoms with van der Waals surface area (Å²) in [6.45, 7) is 3.93. The normalized spacial score (nSPS) is 12.5. The van der Waals surface area contributed by atoms with Crippen LogP contribution in [0, 0.1) is 19.7 Å². The fourth-order valence-electron chi connectivity index (χ4n) is 1.93. The maximum absolute atomic E-state index is 13.6. The number of hydrogen-bond donors (Lipinski definition) is 1. The standard InChI is InChI=1S/C14H15FO2S/c1-8-6-9(2)18-14(8)13(16)10-4-5-12(17-3)11(15)7-10/h4-7,13,16H,1-3H3. The molecule has 1 unspecified atom stereocenters. The molecular weight excluding hydrogens is 251 g/mol. The molecule has 0 fully saturated rings. The Morgan fingerprint density at radius 2 is 2.00 bits per heavy atom. The van der Waals surface area contributed by atoms with Gasteiger partial charge in [0, 0.05) is 9.75 Å². The van der Waals surface area contributed by atoms with Crippen LogP contribution in [0.15, 0.2) is 24.3 Å². The molecule has 0 spiro atoms. The molecule has 1 N–H and O–H groups in total. The molecule has 1 atom stereocenters. The zero-order chi connectivity index (χ0) is 13.3. The van der Waals surface area contributed by atoms with Crippen LogP contribution in [0.3, 0.4) is 0 Å². The van der Waals surface area contributed by atoms with E-state index in [1.807, 2.05) is 19.9 Å². The van der Waals surface area contributed by atoms with Gasteiger partial charge in [0.05, 0.1) is 7.11 Å². The first-order valence-electron chi connectivity index (χ1n) is 5.61. The second-order valence-electron chi connectivity index (χ2n) is 4.20. The Balaban J connectivity index is 2.37. The van der Waals surface area contributed by atoms with Crippen molar-refractivity contribution in [3.63, 3.8) is 0 Å². The van der Waals surface area contributed by atoms with Crippen LogP contribution < -0.4 is 4.74 Å². The van der Waals surface area contributed by atoms with Crippen molar-refractivity contribution in [1.29, 1.82) is 0 Å². The van der Waals surface area contributed by atoms with Crippen LogP contribution in [-0.2, 0) is 0 Å². The van der Waals surface area contributed by atoms with E-state index in [0.29, 0.717) is 5.56 Å². The number of benzene rings is 1. The van der Waals surface area contributed by atoms with Crippen molar-refractivity contribution in [2.24, 2.45) is 0 Å². The molecule has 0 bridgehead atoms. The lowest BCUT2D eigenvalue weighted by Gasteiger charge is -2.11. The van der Waals surface area contributed by atoms with Crippen LogP contribution in [0.25, 0.3) is 0 Å². The number of aliphatic hydroxyl groups excluding tert-OH is 1. The fraction of sp³-hybridized carbons (Fsp3) is 0.286. The Bertz CT molecular complexity index is 563. The minimum absolute atomic E-state index is 0.185. The van der Waals surface area contributed by atoms with Crippen molar-refractivity contribution in [3.8, 4) is 5.75 Å². The highest BCUT2D eigenvalue weighted by Crippen LogP contribution is 2.33. The topological polar surface area (TPSA) is 29.5 Å². The van der Waals surface area contributed by atoms with Gasteiger partial charge in [0.2, 0.25) is 0 Å². The number of hydrogen-bond acceptors (Lipinski definition) is 3. The molecule has 1 aromatic heterocycles. The highest BCUT2D eigenvalue weighted by atomic mass is 32.1. The summed E-state index contributed by atoms with van der Waals surface area (Å²) in [4.78, 5) is 1.99. The molecule has 0 aliphatic heterocycles. The van der Waals surface area contributed by atoms with Gasteiger partial charge in [0.1, 0.15) is 6.10 Å². The number of halogens is 1. The van der Waals surface area contributed by atoms with Gasteiger partial charge in [-0.05, 0) is 43.2 Å². The van der Waals surface area contributed by atoms with Gasteiger partial charge in [-0.15, -0.1) is 11.3 Å². The van der Waals surface area contributed by atoms with E-state index in [-0.39, 0.29) is 5.75 Å². The van der Waals surface area contributed by atoms with Crippen molar-refractivity contribution in [2.45, 2.75) is 20.0 Å². The third-order valence-electron chi connectivity index (χ3n) is 2.82. The third-order valence-corrected chi connectivity index (χ3v) is 4.02. The van der Waals surface area contributed by atoms with Gasteiger partial charge in [0.25, 0.3) is 0 Å². The smallest absolute Gasteiger partial charge is 0.165 e. The van der Waals surface area contributed by atoms with Gasteiger partial charge in [-0.1, -0.05) is 6.07 Å². The zero-order valence-electron chi connectivity index (χ0n) is 10.5. The first-order chi connectivity index (χ1) is 8.52. The van der Waals surface area contributed by atoms with Crippen LogP contribution in [0.5, 0.6) is 5.75 Å².